The van der Waals surface area contributed by atoms with E-state index in [4.69, 9.17) is 0 Å². The van der Waals surface area contributed by atoms with Crippen molar-refractivity contribution in [3.05, 3.63) is 35.6 Å². The quantitative estimate of drug-likeness (QED) is 0.771. The normalized spacial score (nSPS) is 11.1. The summed E-state index contributed by atoms with van der Waals surface area (Å²) in [7, 11) is -2.76. The third-order valence-electron chi connectivity index (χ3n) is 1.61. The van der Waals surface area contributed by atoms with Gasteiger partial charge in [0, 0.05) is 7.05 Å². The molecule has 0 atom stereocenters. The maximum absolute atomic E-state index is 13.0. The molecule has 0 heterocycles. The van der Waals surface area contributed by atoms with Gasteiger partial charge in [-0.2, -0.15) is 8.42 Å². The van der Waals surface area contributed by atoms with E-state index in [9.17, 15) is 17.6 Å². The summed E-state index contributed by atoms with van der Waals surface area (Å²) in [6.07, 6.45) is 0. The summed E-state index contributed by atoms with van der Waals surface area (Å²) in [4.78, 5) is 11.3. The van der Waals surface area contributed by atoms with E-state index in [2.05, 4.69) is 0 Å². The minimum absolute atomic E-state index is 0.323. The van der Waals surface area contributed by atoms with E-state index in [0.717, 1.165) is 13.1 Å². The zero-order valence-electron chi connectivity index (χ0n) is 7.82. The highest BCUT2D eigenvalue weighted by molar-refractivity contribution is 7.88. The standard InChI is InChI=1S/C8H9FN2O3S/c1-10-15(13,14)11-8(12)6-4-2-3-5-7(6)9/h2-5,10H,1H3,(H,11,12). The van der Waals surface area contributed by atoms with Crippen LogP contribution in [0.25, 0.3) is 0 Å². The van der Waals surface area contributed by atoms with Crippen molar-refractivity contribution in [2.45, 2.75) is 0 Å². The minimum Gasteiger partial charge on any atom is -0.268 e. The Labute approximate surface area is 86.5 Å². The highest BCUT2D eigenvalue weighted by Crippen LogP contribution is 2.05. The molecule has 0 saturated heterocycles. The molecule has 1 aromatic carbocycles. The van der Waals surface area contributed by atoms with E-state index in [1.165, 1.54) is 18.2 Å². The lowest BCUT2D eigenvalue weighted by Crippen LogP contribution is -2.38. The first-order chi connectivity index (χ1) is 6.96. The van der Waals surface area contributed by atoms with Gasteiger partial charge >= 0.3 is 10.2 Å². The van der Waals surface area contributed by atoms with Crippen LogP contribution >= 0.6 is 0 Å². The number of hydrogen-bond acceptors (Lipinski definition) is 3. The summed E-state index contributed by atoms with van der Waals surface area (Å²) in [6.45, 7) is 0. The van der Waals surface area contributed by atoms with Gasteiger partial charge in [0.1, 0.15) is 5.82 Å². The minimum atomic E-state index is -3.90. The van der Waals surface area contributed by atoms with Gasteiger partial charge in [-0.05, 0) is 12.1 Å². The molecular weight excluding hydrogens is 223 g/mol. The molecule has 0 aliphatic rings. The maximum Gasteiger partial charge on any atom is 0.301 e. The van der Waals surface area contributed by atoms with Gasteiger partial charge in [-0.15, -0.1) is 0 Å². The van der Waals surface area contributed by atoms with Gasteiger partial charge in [0.25, 0.3) is 5.91 Å². The predicted octanol–water partition coefficient (Wildman–Crippen LogP) is 0.0197. The lowest BCUT2D eigenvalue weighted by Gasteiger charge is -2.05. The average Bonchev–Trinajstić information content (AvgIpc) is 2.17. The molecule has 1 amide bonds. The highest BCUT2D eigenvalue weighted by atomic mass is 32.2. The Morgan fingerprint density at radius 3 is 2.47 bits per heavy atom. The number of rotatable bonds is 3. The third-order valence-corrected chi connectivity index (χ3v) is 2.61. The lowest BCUT2D eigenvalue weighted by molar-refractivity contribution is 0.0977. The number of amides is 1. The molecule has 2 N–H and O–H groups in total. The van der Waals surface area contributed by atoms with Crippen LogP contribution in [0.4, 0.5) is 4.39 Å². The Morgan fingerprint density at radius 2 is 1.93 bits per heavy atom. The Hall–Kier alpha value is -1.47. The lowest BCUT2D eigenvalue weighted by atomic mass is 10.2. The van der Waals surface area contributed by atoms with Crippen molar-refractivity contribution in [1.82, 2.24) is 9.44 Å². The van der Waals surface area contributed by atoms with Crippen molar-refractivity contribution in [3.63, 3.8) is 0 Å². The van der Waals surface area contributed by atoms with Crippen LogP contribution in [0.3, 0.4) is 0 Å². The molecule has 82 valence electrons. The van der Waals surface area contributed by atoms with Gasteiger partial charge < -0.3 is 0 Å². The van der Waals surface area contributed by atoms with Crippen LogP contribution in [0.2, 0.25) is 0 Å². The molecule has 0 aliphatic carbocycles. The fraction of sp³-hybridized carbons (Fsp3) is 0.125. The molecule has 0 aromatic heterocycles. The van der Waals surface area contributed by atoms with Gasteiger partial charge in [0.15, 0.2) is 0 Å². The zero-order valence-corrected chi connectivity index (χ0v) is 8.64. The zero-order chi connectivity index (χ0) is 11.5. The molecule has 0 unspecified atom stereocenters. The second kappa shape index (κ2) is 4.37. The number of halogens is 1. The first-order valence-corrected chi connectivity index (χ1v) is 5.45. The number of carbonyl (C=O) groups is 1. The first-order valence-electron chi connectivity index (χ1n) is 3.96. The summed E-state index contributed by atoms with van der Waals surface area (Å²) in [5, 5.41) is 0. The van der Waals surface area contributed by atoms with E-state index in [0.29, 0.717) is 0 Å². The molecule has 0 saturated carbocycles. The number of benzene rings is 1. The fourth-order valence-corrected chi connectivity index (χ4v) is 1.33. The summed E-state index contributed by atoms with van der Waals surface area (Å²) in [5.74, 6) is -1.79. The molecule has 1 aromatic rings. The van der Waals surface area contributed by atoms with E-state index in [-0.39, 0.29) is 5.56 Å². The van der Waals surface area contributed by atoms with Crippen molar-refractivity contribution in [3.8, 4) is 0 Å². The molecule has 5 nitrogen and oxygen atoms in total. The summed E-state index contributed by atoms with van der Waals surface area (Å²) >= 11 is 0. The number of carbonyl (C=O) groups excluding carboxylic acids is 1. The second-order valence-electron chi connectivity index (χ2n) is 2.62. The summed E-state index contributed by atoms with van der Waals surface area (Å²) < 4.78 is 38.4. The van der Waals surface area contributed by atoms with E-state index < -0.39 is 21.9 Å². The number of hydrogen-bond donors (Lipinski definition) is 2. The van der Waals surface area contributed by atoms with Crippen LogP contribution in [-0.4, -0.2) is 21.4 Å². The largest absolute Gasteiger partial charge is 0.301 e. The van der Waals surface area contributed by atoms with E-state index in [1.54, 1.807) is 4.72 Å². The maximum atomic E-state index is 13.0. The first kappa shape index (κ1) is 11.6. The predicted molar refractivity (Wildman–Crippen MR) is 51.8 cm³/mol. The molecule has 7 heteroatoms. The van der Waals surface area contributed by atoms with Crippen LogP contribution in [0.5, 0.6) is 0 Å². The van der Waals surface area contributed by atoms with Crippen LogP contribution in [-0.2, 0) is 10.2 Å². The van der Waals surface area contributed by atoms with Crippen LogP contribution in [0.1, 0.15) is 10.4 Å². The van der Waals surface area contributed by atoms with Crippen molar-refractivity contribution in [1.29, 1.82) is 0 Å². The smallest absolute Gasteiger partial charge is 0.268 e. The Bertz CT molecular complexity index is 473. The molecule has 0 fully saturated rings. The third kappa shape index (κ3) is 3.00. The second-order valence-corrected chi connectivity index (χ2v) is 4.24. The Balaban J connectivity index is 2.93. The summed E-state index contributed by atoms with van der Waals surface area (Å²) in [5.41, 5.74) is -0.323. The van der Waals surface area contributed by atoms with Crippen molar-refractivity contribution in [2.24, 2.45) is 0 Å². The highest BCUT2D eigenvalue weighted by Gasteiger charge is 2.16. The molecule has 0 aliphatic heterocycles. The van der Waals surface area contributed by atoms with Crippen LogP contribution < -0.4 is 9.44 Å². The molecular formula is C8H9FN2O3S. The van der Waals surface area contributed by atoms with Gasteiger partial charge in [-0.1, -0.05) is 12.1 Å². The monoisotopic (exact) mass is 232 g/mol. The topological polar surface area (TPSA) is 75.3 Å². The molecule has 0 radical (unpaired) electrons. The average molecular weight is 232 g/mol. The van der Waals surface area contributed by atoms with Crippen molar-refractivity contribution >= 4 is 16.1 Å². The van der Waals surface area contributed by atoms with Crippen LogP contribution in [0, 0.1) is 5.82 Å². The fourth-order valence-electron chi connectivity index (χ4n) is 0.873. The molecule has 1 rings (SSSR count). The Morgan fingerprint density at radius 1 is 1.33 bits per heavy atom. The molecule has 0 spiro atoms. The summed E-state index contributed by atoms with van der Waals surface area (Å²) in [6, 6.07) is 5.10. The van der Waals surface area contributed by atoms with Gasteiger partial charge in [0.05, 0.1) is 5.56 Å². The Kier molecular flexibility index (Phi) is 3.38. The van der Waals surface area contributed by atoms with Crippen molar-refractivity contribution in [2.75, 3.05) is 7.05 Å². The van der Waals surface area contributed by atoms with E-state index in [1.807, 2.05) is 4.72 Å². The van der Waals surface area contributed by atoms with Crippen molar-refractivity contribution < 1.29 is 17.6 Å². The van der Waals surface area contributed by atoms with Gasteiger partial charge in [-0.25, -0.2) is 13.8 Å². The number of nitrogens with one attached hydrogen (secondary N) is 2. The van der Waals surface area contributed by atoms with Gasteiger partial charge in [-0.3, -0.25) is 4.79 Å². The molecule has 0 bridgehead atoms. The van der Waals surface area contributed by atoms with Gasteiger partial charge in [0.2, 0.25) is 0 Å². The van der Waals surface area contributed by atoms with Crippen LogP contribution in [0.15, 0.2) is 24.3 Å². The van der Waals surface area contributed by atoms with E-state index >= 15 is 0 Å². The SMILES string of the molecule is CNS(=O)(=O)NC(=O)c1ccccc1F. The molecule has 15 heavy (non-hydrogen) atoms.